The van der Waals surface area contributed by atoms with E-state index < -0.39 is 0 Å². The van der Waals surface area contributed by atoms with Gasteiger partial charge in [0.1, 0.15) is 18.1 Å². The highest BCUT2D eigenvalue weighted by atomic mass is 16.5. The van der Waals surface area contributed by atoms with Crippen molar-refractivity contribution >= 4 is 5.69 Å². The van der Waals surface area contributed by atoms with Gasteiger partial charge in [0.05, 0.1) is 25.5 Å². The van der Waals surface area contributed by atoms with Crippen molar-refractivity contribution in [2.24, 2.45) is 0 Å². The Bertz CT molecular complexity index is 465. The van der Waals surface area contributed by atoms with Crippen LogP contribution in [0.15, 0.2) is 36.7 Å². The summed E-state index contributed by atoms with van der Waals surface area (Å²) in [5.41, 5.74) is 6.22. The van der Waals surface area contributed by atoms with Gasteiger partial charge in [-0.1, -0.05) is 0 Å². The molecule has 0 spiro atoms. The van der Waals surface area contributed by atoms with Crippen LogP contribution in [0, 0.1) is 0 Å². The summed E-state index contributed by atoms with van der Waals surface area (Å²) in [7, 11) is 1.64. The number of benzene rings is 1. The Labute approximate surface area is 99.8 Å². The van der Waals surface area contributed by atoms with Gasteiger partial charge in [-0.15, -0.1) is 0 Å². The number of anilines is 1. The van der Waals surface area contributed by atoms with Gasteiger partial charge in [-0.2, -0.15) is 5.10 Å². The van der Waals surface area contributed by atoms with Gasteiger partial charge >= 0.3 is 0 Å². The highest BCUT2D eigenvalue weighted by Gasteiger charge is 1.97. The molecule has 1 heterocycles. The molecule has 1 aromatic heterocycles. The van der Waals surface area contributed by atoms with Crippen molar-refractivity contribution in [3.05, 3.63) is 36.7 Å². The molecule has 5 nitrogen and oxygen atoms in total. The van der Waals surface area contributed by atoms with E-state index in [1.807, 2.05) is 24.3 Å². The smallest absolute Gasteiger partial charge is 0.119 e. The molecule has 0 amide bonds. The standard InChI is InChI=1S/C12H15N3O2/c1-16-11-2-4-12(5-3-11)17-7-6-15-9-10(13)8-14-15/h2-5,8-9H,6-7,13H2,1H3. The number of hydrogen-bond donors (Lipinski definition) is 1. The molecule has 0 saturated heterocycles. The molecule has 0 aliphatic rings. The third-order valence-corrected chi connectivity index (χ3v) is 2.30. The van der Waals surface area contributed by atoms with Crippen molar-refractivity contribution in [3.8, 4) is 11.5 Å². The summed E-state index contributed by atoms with van der Waals surface area (Å²) in [6.45, 7) is 1.22. The van der Waals surface area contributed by atoms with Gasteiger partial charge in [0, 0.05) is 6.20 Å². The van der Waals surface area contributed by atoms with E-state index in [1.54, 1.807) is 24.2 Å². The van der Waals surface area contributed by atoms with Crippen LogP contribution in [0.25, 0.3) is 0 Å². The van der Waals surface area contributed by atoms with Crippen LogP contribution in [-0.2, 0) is 6.54 Å². The van der Waals surface area contributed by atoms with Crippen molar-refractivity contribution in [2.45, 2.75) is 6.54 Å². The lowest BCUT2D eigenvalue weighted by Gasteiger charge is -2.06. The summed E-state index contributed by atoms with van der Waals surface area (Å²) < 4.78 is 12.4. The normalized spacial score (nSPS) is 10.2. The van der Waals surface area contributed by atoms with E-state index >= 15 is 0 Å². The van der Waals surface area contributed by atoms with Gasteiger partial charge in [-0.25, -0.2) is 0 Å². The number of nitrogen functional groups attached to an aromatic ring is 1. The maximum Gasteiger partial charge on any atom is 0.119 e. The first-order valence-electron chi connectivity index (χ1n) is 5.33. The van der Waals surface area contributed by atoms with Gasteiger partial charge in [0.15, 0.2) is 0 Å². The van der Waals surface area contributed by atoms with Gasteiger partial charge in [0.2, 0.25) is 0 Å². The maximum atomic E-state index is 5.56. The van der Waals surface area contributed by atoms with E-state index in [1.165, 1.54) is 0 Å². The molecule has 0 fully saturated rings. The molecule has 0 saturated carbocycles. The molecule has 90 valence electrons. The Morgan fingerprint density at radius 1 is 1.24 bits per heavy atom. The monoisotopic (exact) mass is 233 g/mol. The quantitative estimate of drug-likeness (QED) is 0.851. The minimum atomic E-state index is 0.549. The molecular formula is C12H15N3O2. The van der Waals surface area contributed by atoms with Gasteiger partial charge < -0.3 is 15.2 Å². The fourth-order valence-electron chi connectivity index (χ4n) is 1.43. The average molecular weight is 233 g/mol. The zero-order chi connectivity index (χ0) is 12.1. The van der Waals surface area contributed by atoms with Crippen molar-refractivity contribution in [2.75, 3.05) is 19.5 Å². The summed E-state index contributed by atoms with van der Waals surface area (Å²) in [4.78, 5) is 0. The van der Waals surface area contributed by atoms with Crippen LogP contribution in [0.1, 0.15) is 0 Å². The largest absolute Gasteiger partial charge is 0.497 e. The van der Waals surface area contributed by atoms with Crippen molar-refractivity contribution < 1.29 is 9.47 Å². The first kappa shape index (κ1) is 11.3. The van der Waals surface area contributed by atoms with Crippen molar-refractivity contribution in [1.29, 1.82) is 0 Å². The molecule has 0 radical (unpaired) electrons. The van der Waals surface area contributed by atoms with Crippen molar-refractivity contribution in [1.82, 2.24) is 9.78 Å². The molecule has 0 atom stereocenters. The number of nitrogens with zero attached hydrogens (tertiary/aromatic N) is 2. The molecule has 17 heavy (non-hydrogen) atoms. The second-order valence-corrected chi connectivity index (χ2v) is 3.56. The summed E-state index contributed by atoms with van der Waals surface area (Å²) in [5.74, 6) is 1.63. The zero-order valence-electron chi connectivity index (χ0n) is 9.67. The Kier molecular flexibility index (Phi) is 3.49. The fraction of sp³-hybridized carbons (Fsp3) is 0.250. The predicted octanol–water partition coefficient (Wildman–Crippen LogP) is 1.55. The molecule has 2 N–H and O–H groups in total. The SMILES string of the molecule is COc1ccc(OCCn2cc(N)cn2)cc1. The molecular weight excluding hydrogens is 218 g/mol. The topological polar surface area (TPSA) is 62.3 Å². The second kappa shape index (κ2) is 5.25. The first-order valence-corrected chi connectivity index (χ1v) is 5.33. The zero-order valence-corrected chi connectivity index (χ0v) is 9.67. The minimum absolute atomic E-state index is 0.549. The van der Waals surface area contributed by atoms with E-state index in [4.69, 9.17) is 15.2 Å². The number of aromatic nitrogens is 2. The van der Waals surface area contributed by atoms with Crippen molar-refractivity contribution in [3.63, 3.8) is 0 Å². The Hall–Kier alpha value is -2.17. The summed E-state index contributed by atoms with van der Waals surface area (Å²) in [6.07, 6.45) is 3.39. The third-order valence-electron chi connectivity index (χ3n) is 2.30. The number of rotatable bonds is 5. The lowest BCUT2D eigenvalue weighted by molar-refractivity contribution is 0.291. The highest BCUT2D eigenvalue weighted by molar-refractivity contribution is 5.31. The number of methoxy groups -OCH3 is 1. The Morgan fingerprint density at radius 3 is 2.53 bits per heavy atom. The van der Waals surface area contributed by atoms with Crippen LogP contribution < -0.4 is 15.2 Å². The maximum absolute atomic E-state index is 5.56. The van der Waals surface area contributed by atoms with Crippen LogP contribution in [0.5, 0.6) is 11.5 Å². The molecule has 0 aliphatic heterocycles. The van der Waals surface area contributed by atoms with E-state index in [0.29, 0.717) is 18.8 Å². The molecule has 2 aromatic rings. The van der Waals surface area contributed by atoms with Crippen LogP contribution in [-0.4, -0.2) is 23.5 Å². The van der Waals surface area contributed by atoms with Gasteiger partial charge in [-0.05, 0) is 24.3 Å². The number of ether oxygens (including phenoxy) is 2. The molecule has 5 heteroatoms. The van der Waals surface area contributed by atoms with E-state index in [2.05, 4.69) is 5.10 Å². The summed E-state index contributed by atoms with van der Waals surface area (Å²) in [6, 6.07) is 7.47. The molecule has 1 aromatic carbocycles. The molecule has 0 unspecified atom stereocenters. The van der Waals surface area contributed by atoms with E-state index in [9.17, 15) is 0 Å². The van der Waals surface area contributed by atoms with Crippen LogP contribution in [0.4, 0.5) is 5.69 Å². The minimum Gasteiger partial charge on any atom is -0.497 e. The summed E-state index contributed by atoms with van der Waals surface area (Å²) >= 11 is 0. The Balaban J connectivity index is 1.81. The van der Waals surface area contributed by atoms with Crippen LogP contribution in [0.2, 0.25) is 0 Å². The third kappa shape index (κ3) is 3.14. The van der Waals surface area contributed by atoms with E-state index in [0.717, 1.165) is 11.5 Å². The van der Waals surface area contributed by atoms with Gasteiger partial charge in [0.25, 0.3) is 0 Å². The fourth-order valence-corrected chi connectivity index (χ4v) is 1.43. The predicted molar refractivity (Wildman–Crippen MR) is 65.1 cm³/mol. The highest BCUT2D eigenvalue weighted by Crippen LogP contribution is 2.16. The van der Waals surface area contributed by atoms with Crippen LogP contribution >= 0.6 is 0 Å². The van der Waals surface area contributed by atoms with Crippen LogP contribution in [0.3, 0.4) is 0 Å². The molecule has 0 bridgehead atoms. The first-order chi connectivity index (χ1) is 8.28. The van der Waals surface area contributed by atoms with E-state index in [-0.39, 0.29) is 0 Å². The summed E-state index contributed by atoms with van der Waals surface area (Å²) in [5, 5.41) is 4.07. The van der Waals surface area contributed by atoms with Gasteiger partial charge in [-0.3, -0.25) is 4.68 Å². The lowest BCUT2D eigenvalue weighted by Crippen LogP contribution is -2.08. The number of hydrogen-bond acceptors (Lipinski definition) is 4. The lowest BCUT2D eigenvalue weighted by atomic mass is 10.3. The average Bonchev–Trinajstić information content (AvgIpc) is 2.76. The molecule has 0 aliphatic carbocycles. The Morgan fingerprint density at radius 2 is 1.94 bits per heavy atom. The number of nitrogens with two attached hydrogens (primary N) is 1. The molecule has 2 rings (SSSR count). The second-order valence-electron chi connectivity index (χ2n) is 3.56.